The van der Waals surface area contributed by atoms with Gasteiger partial charge in [0.2, 0.25) is 11.7 Å². The number of amides is 2. The van der Waals surface area contributed by atoms with Gasteiger partial charge in [0, 0.05) is 17.6 Å². The number of furan rings is 1. The zero-order chi connectivity index (χ0) is 29.6. The van der Waals surface area contributed by atoms with Gasteiger partial charge in [0.15, 0.2) is 17.5 Å². The second kappa shape index (κ2) is 12.5. The van der Waals surface area contributed by atoms with Crippen LogP contribution in [-0.2, 0) is 22.7 Å². The third-order valence-corrected chi connectivity index (χ3v) is 6.07. The van der Waals surface area contributed by atoms with Crippen LogP contribution in [0.4, 0.5) is 0 Å². The molecular weight excluding hydrogens is 528 g/mol. The number of carbonyl (C=O) groups excluding carboxylic acids is 2. The number of ether oxygens (including phenoxy) is 3. The van der Waals surface area contributed by atoms with Gasteiger partial charge in [0.05, 0.1) is 27.6 Å². The number of methoxy groups -OCH3 is 3. The zero-order valence-electron chi connectivity index (χ0n) is 24.0. The van der Waals surface area contributed by atoms with Gasteiger partial charge >= 0.3 is 0 Å². The van der Waals surface area contributed by atoms with Gasteiger partial charge in [-0.3, -0.25) is 9.59 Å². The summed E-state index contributed by atoms with van der Waals surface area (Å²) in [6, 6.07) is 14.8. The molecule has 4 rings (SSSR count). The molecule has 12 nitrogen and oxygen atoms in total. The molecular formula is C29H34N6O6. The molecule has 1 atom stereocenters. The van der Waals surface area contributed by atoms with E-state index in [1.807, 2.05) is 32.9 Å². The van der Waals surface area contributed by atoms with Crippen LogP contribution in [0.2, 0.25) is 0 Å². The second-order valence-electron chi connectivity index (χ2n) is 10.2. The fourth-order valence-electron chi connectivity index (χ4n) is 4.17. The Bertz CT molecular complexity index is 1460. The van der Waals surface area contributed by atoms with E-state index in [1.165, 1.54) is 23.1 Å². The van der Waals surface area contributed by atoms with E-state index in [0.717, 1.165) is 5.56 Å². The lowest BCUT2D eigenvalue weighted by atomic mass is 10.1. The lowest BCUT2D eigenvalue weighted by Gasteiger charge is -2.32. The first-order valence-corrected chi connectivity index (χ1v) is 12.9. The Balaban J connectivity index is 1.66. The summed E-state index contributed by atoms with van der Waals surface area (Å²) < 4.78 is 21.6. The molecule has 0 aliphatic carbocycles. The highest BCUT2D eigenvalue weighted by Gasteiger charge is 2.35. The van der Waals surface area contributed by atoms with Crippen LogP contribution in [0.25, 0.3) is 11.4 Å². The maximum atomic E-state index is 13.9. The van der Waals surface area contributed by atoms with Crippen molar-refractivity contribution in [3.63, 3.8) is 0 Å². The standard InChI is InChI=1S/C29H34N6O6/c1-29(2,3)30-28(37)26(23-8-7-15-41-23)34(17-19-9-12-21(38-4)13-10-19)25(36)18-35-32-27(31-33-35)20-11-14-22(39-5)24(16-20)40-6/h7-16,26H,17-18H2,1-6H3,(H,30,37)/t26-/m1/s1. The van der Waals surface area contributed by atoms with Crippen molar-refractivity contribution in [3.8, 4) is 28.6 Å². The van der Waals surface area contributed by atoms with Crippen LogP contribution >= 0.6 is 0 Å². The van der Waals surface area contributed by atoms with Crippen molar-refractivity contribution in [2.45, 2.75) is 45.4 Å². The molecule has 0 aliphatic heterocycles. The predicted octanol–water partition coefficient (Wildman–Crippen LogP) is 3.64. The van der Waals surface area contributed by atoms with E-state index >= 15 is 0 Å². The SMILES string of the molecule is COc1ccc(CN(C(=O)Cn2nnc(-c3ccc(OC)c(OC)c3)n2)[C@@H](C(=O)NC(C)(C)C)c2ccco2)cc1. The molecule has 12 heteroatoms. The van der Waals surface area contributed by atoms with E-state index < -0.39 is 17.5 Å². The second-order valence-corrected chi connectivity index (χ2v) is 10.2. The Morgan fingerprint density at radius 3 is 2.34 bits per heavy atom. The van der Waals surface area contributed by atoms with Crippen molar-refractivity contribution >= 4 is 11.8 Å². The third kappa shape index (κ3) is 7.21. The molecule has 0 saturated heterocycles. The van der Waals surface area contributed by atoms with Gasteiger partial charge in [0.1, 0.15) is 18.1 Å². The molecule has 0 radical (unpaired) electrons. The quantitative estimate of drug-likeness (QED) is 0.291. The summed E-state index contributed by atoms with van der Waals surface area (Å²) in [5.74, 6) is 1.57. The molecule has 216 valence electrons. The summed E-state index contributed by atoms with van der Waals surface area (Å²) in [4.78, 5) is 30.1. The molecule has 4 aromatic rings. The number of rotatable bonds is 11. The van der Waals surface area contributed by atoms with E-state index in [0.29, 0.717) is 34.4 Å². The van der Waals surface area contributed by atoms with Gasteiger partial charge in [0.25, 0.3) is 5.91 Å². The summed E-state index contributed by atoms with van der Waals surface area (Å²) in [6.45, 7) is 5.46. The topological polar surface area (TPSA) is 134 Å². The molecule has 2 heterocycles. The molecule has 0 fully saturated rings. The van der Waals surface area contributed by atoms with Crippen LogP contribution in [0.15, 0.2) is 65.3 Å². The lowest BCUT2D eigenvalue weighted by molar-refractivity contribution is -0.143. The number of tetrazole rings is 1. The molecule has 1 N–H and O–H groups in total. The van der Waals surface area contributed by atoms with Crippen LogP contribution in [0.5, 0.6) is 17.2 Å². The molecule has 0 saturated carbocycles. The highest BCUT2D eigenvalue weighted by atomic mass is 16.5. The van der Waals surface area contributed by atoms with Gasteiger partial charge in [-0.15, -0.1) is 10.2 Å². The monoisotopic (exact) mass is 562 g/mol. The van der Waals surface area contributed by atoms with E-state index in [4.69, 9.17) is 18.6 Å². The van der Waals surface area contributed by atoms with Gasteiger partial charge in [-0.2, -0.15) is 4.80 Å². The van der Waals surface area contributed by atoms with Crippen LogP contribution < -0.4 is 19.5 Å². The number of carbonyl (C=O) groups is 2. The molecule has 2 aromatic heterocycles. The van der Waals surface area contributed by atoms with E-state index in [2.05, 4.69) is 20.7 Å². The number of aromatic nitrogens is 4. The normalized spacial score (nSPS) is 12.0. The van der Waals surface area contributed by atoms with Gasteiger partial charge in [-0.25, -0.2) is 0 Å². The molecule has 0 spiro atoms. The fraction of sp³-hybridized carbons (Fsp3) is 0.345. The van der Waals surface area contributed by atoms with Crippen LogP contribution in [0.1, 0.15) is 38.1 Å². The van der Waals surface area contributed by atoms with Crippen molar-refractivity contribution in [2.75, 3.05) is 21.3 Å². The minimum Gasteiger partial charge on any atom is -0.497 e. The van der Waals surface area contributed by atoms with Gasteiger partial charge in [-0.05, 0) is 74.0 Å². The Morgan fingerprint density at radius 2 is 1.73 bits per heavy atom. The van der Waals surface area contributed by atoms with Crippen LogP contribution in [-0.4, -0.2) is 63.8 Å². The van der Waals surface area contributed by atoms with Gasteiger partial charge < -0.3 is 28.8 Å². The van der Waals surface area contributed by atoms with Crippen molar-refractivity contribution in [2.24, 2.45) is 0 Å². The number of nitrogens with zero attached hydrogens (tertiary/aromatic N) is 5. The van der Waals surface area contributed by atoms with Gasteiger partial charge in [-0.1, -0.05) is 12.1 Å². The van der Waals surface area contributed by atoms with Crippen molar-refractivity contribution < 1.29 is 28.2 Å². The summed E-state index contributed by atoms with van der Waals surface area (Å²) in [5, 5.41) is 15.6. The Morgan fingerprint density at radius 1 is 1.00 bits per heavy atom. The first kappa shape index (κ1) is 29.1. The smallest absolute Gasteiger partial charge is 0.251 e. The first-order chi connectivity index (χ1) is 19.6. The summed E-state index contributed by atoms with van der Waals surface area (Å²) in [6.07, 6.45) is 1.47. The van der Waals surface area contributed by atoms with Crippen molar-refractivity contribution in [1.82, 2.24) is 30.4 Å². The maximum Gasteiger partial charge on any atom is 0.251 e. The maximum absolute atomic E-state index is 13.9. The van der Waals surface area contributed by atoms with E-state index in [9.17, 15) is 9.59 Å². The minimum atomic E-state index is -1.05. The summed E-state index contributed by atoms with van der Waals surface area (Å²) in [7, 11) is 4.66. The number of hydrogen-bond acceptors (Lipinski definition) is 9. The molecule has 0 unspecified atom stereocenters. The fourth-order valence-corrected chi connectivity index (χ4v) is 4.17. The average molecular weight is 563 g/mol. The average Bonchev–Trinajstić information content (AvgIpc) is 3.64. The first-order valence-electron chi connectivity index (χ1n) is 12.9. The minimum absolute atomic E-state index is 0.114. The molecule has 2 aromatic carbocycles. The van der Waals surface area contributed by atoms with E-state index in [1.54, 1.807) is 56.7 Å². The highest BCUT2D eigenvalue weighted by molar-refractivity contribution is 5.88. The summed E-state index contributed by atoms with van der Waals surface area (Å²) in [5.41, 5.74) is 0.879. The number of hydrogen-bond donors (Lipinski definition) is 1. The van der Waals surface area contributed by atoms with Crippen molar-refractivity contribution in [3.05, 3.63) is 72.2 Å². The number of nitrogens with one attached hydrogen (secondary N) is 1. The summed E-state index contributed by atoms with van der Waals surface area (Å²) >= 11 is 0. The molecule has 0 bridgehead atoms. The largest absolute Gasteiger partial charge is 0.497 e. The zero-order valence-corrected chi connectivity index (χ0v) is 24.0. The van der Waals surface area contributed by atoms with E-state index in [-0.39, 0.29) is 19.0 Å². The highest BCUT2D eigenvalue weighted by Crippen LogP contribution is 2.31. The number of benzene rings is 2. The third-order valence-electron chi connectivity index (χ3n) is 6.07. The predicted molar refractivity (Wildman–Crippen MR) is 149 cm³/mol. The van der Waals surface area contributed by atoms with Crippen LogP contribution in [0.3, 0.4) is 0 Å². The Kier molecular flexibility index (Phi) is 8.91. The Labute approximate surface area is 238 Å². The van der Waals surface area contributed by atoms with Crippen molar-refractivity contribution in [1.29, 1.82) is 0 Å². The molecule has 2 amide bonds. The molecule has 0 aliphatic rings. The lowest BCUT2D eigenvalue weighted by Crippen LogP contribution is -2.49. The molecule has 41 heavy (non-hydrogen) atoms. The Hall–Kier alpha value is -4.87. The van der Waals surface area contributed by atoms with Crippen LogP contribution in [0, 0.1) is 0 Å².